The summed E-state index contributed by atoms with van der Waals surface area (Å²) in [5.74, 6) is -2.95. The second-order valence-electron chi connectivity index (χ2n) is 9.92. The molecule has 4 nitrogen and oxygen atoms in total. The Morgan fingerprint density at radius 2 is 1.23 bits per heavy atom. The van der Waals surface area contributed by atoms with Gasteiger partial charge in [0.25, 0.3) is 0 Å². The maximum atomic E-state index is 12.3. The van der Waals surface area contributed by atoms with Gasteiger partial charge in [-0.05, 0) is 29.1 Å². The molecule has 0 aliphatic heterocycles. The van der Waals surface area contributed by atoms with Gasteiger partial charge < -0.3 is 10.2 Å². The fourth-order valence-electron chi connectivity index (χ4n) is 3.38. The van der Waals surface area contributed by atoms with Crippen LogP contribution in [0.4, 0.5) is 0 Å². The molecule has 0 aliphatic carbocycles. The molecule has 0 saturated carbocycles. The van der Waals surface area contributed by atoms with Gasteiger partial charge in [-0.3, -0.25) is 9.59 Å². The van der Waals surface area contributed by atoms with Crippen LogP contribution in [0.15, 0.2) is 0 Å². The minimum Gasteiger partial charge on any atom is -0.481 e. The Morgan fingerprint density at radius 1 is 0.818 bits per heavy atom. The van der Waals surface area contributed by atoms with E-state index in [9.17, 15) is 19.8 Å². The lowest BCUT2D eigenvalue weighted by atomic mass is 9.52. The molecule has 0 radical (unpaired) electrons. The van der Waals surface area contributed by atoms with E-state index < -0.39 is 28.7 Å². The van der Waals surface area contributed by atoms with Gasteiger partial charge in [0.15, 0.2) is 0 Å². The van der Waals surface area contributed by atoms with Gasteiger partial charge in [-0.25, -0.2) is 0 Å². The number of aliphatic carboxylic acids is 2. The van der Waals surface area contributed by atoms with Gasteiger partial charge in [-0.15, -0.1) is 0 Å². The molecule has 0 aromatic heterocycles. The Balaban J connectivity index is 6.32. The Bertz CT molecular complexity index is 418. The molecule has 0 amide bonds. The highest BCUT2D eigenvalue weighted by atomic mass is 16.4. The van der Waals surface area contributed by atoms with E-state index in [2.05, 4.69) is 0 Å². The van der Waals surface area contributed by atoms with Crippen molar-refractivity contribution in [3.05, 3.63) is 0 Å². The molecule has 0 aliphatic rings. The summed E-state index contributed by atoms with van der Waals surface area (Å²) in [7, 11) is 0. The van der Waals surface area contributed by atoms with Gasteiger partial charge in [0.05, 0.1) is 11.3 Å². The average molecular weight is 314 g/mol. The third kappa shape index (κ3) is 4.99. The molecule has 0 aromatic rings. The van der Waals surface area contributed by atoms with Crippen molar-refractivity contribution in [1.82, 2.24) is 0 Å². The quantitative estimate of drug-likeness (QED) is 0.773. The molecular formula is C18H34O4. The van der Waals surface area contributed by atoms with Crippen molar-refractivity contribution in [3.63, 3.8) is 0 Å². The molecular weight excluding hydrogens is 280 g/mol. The first-order valence-corrected chi connectivity index (χ1v) is 7.90. The van der Waals surface area contributed by atoms with E-state index in [1.807, 2.05) is 62.3 Å². The highest BCUT2D eigenvalue weighted by Crippen LogP contribution is 2.54. The second kappa shape index (κ2) is 6.21. The van der Waals surface area contributed by atoms with Crippen molar-refractivity contribution in [3.8, 4) is 0 Å². The molecule has 0 bridgehead atoms. The number of carboxylic acid groups (broad SMARTS) is 2. The van der Waals surface area contributed by atoms with Crippen molar-refractivity contribution < 1.29 is 19.8 Å². The van der Waals surface area contributed by atoms with E-state index in [-0.39, 0.29) is 10.8 Å². The van der Waals surface area contributed by atoms with E-state index in [0.29, 0.717) is 12.8 Å². The Labute approximate surface area is 135 Å². The van der Waals surface area contributed by atoms with Crippen molar-refractivity contribution in [1.29, 1.82) is 0 Å². The molecule has 0 aromatic carbocycles. The number of hydrogen-bond donors (Lipinski definition) is 2. The van der Waals surface area contributed by atoms with Crippen LogP contribution in [-0.4, -0.2) is 22.2 Å². The summed E-state index contributed by atoms with van der Waals surface area (Å²) >= 11 is 0. The van der Waals surface area contributed by atoms with E-state index >= 15 is 0 Å². The summed E-state index contributed by atoms with van der Waals surface area (Å²) in [6.07, 6.45) is 0.661. The molecule has 0 fully saturated rings. The van der Waals surface area contributed by atoms with Gasteiger partial charge in [0, 0.05) is 0 Å². The van der Waals surface area contributed by atoms with Crippen LogP contribution in [0.25, 0.3) is 0 Å². The van der Waals surface area contributed by atoms with Crippen LogP contribution in [0.5, 0.6) is 0 Å². The number of carbonyl (C=O) groups is 2. The summed E-state index contributed by atoms with van der Waals surface area (Å²) in [5, 5.41) is 19.9. The minimum absolute atomic E-state index is 0.257. The SMILES string of the molecule is CC(C)(C)CC(C(=O)O)C(CC(C)(C)C)(C(=O)O)C(C)(C)C. The lowest BCUT2D eigenvalue weighted by Gasteiger charge is -2.49. The van der Waals surface area contributed by atoms with Gasteiger partial charge in [-0.2, -0.15) is 0 Å². The highest BCUT2D eigenvalue weighted by Gasteiger charge is 2.58. The summed E-state index contributed by atoms with van der Waals surface area (Å²) < 4.78 is 0. The molecule has 2 atom stereocenters. The van der Waals surface area contributed by atoms with E-state index in [1.165, 1.54) is 0 Å². The summed E-state index contributed by atoms with van der Waals surface area (Å²) in [6, 6.07) is 0. The van der Waals surface area contributed by atoms with E-state index in [0.717, 1.165) is 0 Å². The zero-order valence-electron chi connectivity index (χ0n) is 15.7. The summed E-state index contributed by atoms with van der Waals surface area (Å²) in [5.41, 5.74) is -2.52. The first kappa shape index (κ1) is 20.9. The minimum atomic E-state index is -1.32. The molecule has 0 saturated heterocycles. The Hall–Kier alpha value is -1.06. The molecule has 0 rings (SSSR count). The van der Waals surface area contributed by atoms with Crippen LogP contribution in [0.1, 0.15) is 75.2 Å². The fourth-order valence-corrected chi connectivity index (χ4v) is 3.38. The van der Waals surface area contributed by atoms with Gasteiger partial charge in [-0.1, -0.05) is 62.3 Å². The monoisotopic (exact) mass is 314 g/mol. The van der Waals surface area contributed by atoms with Crippen molar-refractivity contribution in [2.75, 3.05) is 0 Å². The van der Waals surface area contributed by atoms with Crippen LogP contribution in [0.3, 0.4) is 0 Å². The second-order valence-corrected chi connectivity index (χ2v) is 9.92. The summed E-state index contributed by atoms with van der Waals surface area (Å²) in [4.78, 5) is 24.3. The van der Waals surface area contributed by atoms with Gasteiger partial charge in [0.1, 0.15) is 0 Å². The van der Waals surface area contributed by atoms with E-state index in [1.54, 1.807) is 0 Å². The van der Waals surface area contributed by atoms with Crippen LogP contribution in [0.2, 0.25) is 0 Å². The smallest absolute Gasteiger partial charge is 0.311 e. The number of hydrogen-bond acceptors (Lipinski definition) is 2. The third-order valence-electron chi connectivity index (χ3n) is 4.24. The largest absolute Gasteiger partial charge is 0.481 e. The first-order chi connectivity index (χ1) is 9.44. The van der Waals surface area contributed by atoms with Gasteiger partial charge in [0.2, 0.25) is 0 Å². The van der Waals surface area contributed by atoms with Gasteiger partial charge >= 0.3 is 11.9 Å². The topological polar surface area (TPSA) is 74.6 Å². The molecule has 0 spiro atoms. The maximum Gasteiger partial charge on any atom is 0.311 e. The molecule has 0 heterocycles. The fraction of sp³-hybridized carbons (Fsp3) is 0.889. The standard InChI is InChI=1S/C18H34O4/c1-15(2,3)10-12(13(19)20)18(14(21)22,17(7,8)9)11-16(4,5)6/h12H,10-11H2,1-9H3,(H,19,20)(H,21,22). The van der Waals surface area contributed by atoms with Crippen LogP contribution >= 0.6 is 0 Å². The Kier molecular flexibility index (Phi) is 5.91. The zero-order valence-corrected chi connectivity index (χ0v) is 15.7. The molecule has 130 valence electrons. The van der Waals surface area contributed by atoms with Crippen LogP contribution in [0, 0.1) is 27.6 Å². The first-order valence-electron chi connectivity index (χ1n) is 7.90. The summed E-state index contributed by atoms with van der Waals surface area (Å²) in [6.45, 7) is 17.3. The molecule has 2 unspecified atom stereocenters. The Morgan fingerprint density at radius 3 is 1.41 bits per heavy atom. The van der Waals surface area contributed by atoms with Crippen LogP contribution < -0.4 is 0 Å². The zero-order chi connectivity index (χ0) is 18.1. The number of rotatable bonds is 5. The number of carboxylic acids is 2. The van der Waals surface area contributed by atoms with Crippen molar-refractivity contribution >= 4 is 11.9 Å². The molecule has 22 heavy (non-hydrogen) atoms. The lowest BCUT2D eigenvalue weighted by Crippen LogP contribution is -2.54. The van der Waals surface area contributed by atoms with Crippen LogP contribution in [-0.2, 0) is 9.59 Å². The lowest BCUT2D eigenvalue weighted by molar-refractivity contribution is -0.178. The molecule has 4 heteroatoms. The third-order valence-corrected chi connectivity index (χ3v) is 4.24. The van der Waals surface area contributed by atoms with Crippen molar-refractivity contribution in [2.24, 2.45) is 27.6 Å². The van der Waals surface area contributed by atoms with Crippen molar-refractivity contribution in [2.45, 2.75) is 75.2 Å². The van der Waals surface area contributed by atoms with E-state index in [4.69, 9.17) is 0 Å². The normalized spacial score (nSPS) is 17.7. The maximum absolute atomic E-state index is 12.3. The highest BCUT2D eigenvalue weighted by molar-refractivity contribution is 5.84. The molecule has 2 N–H and O–H groups in total. The predicted octanol–water partition coefficient (Wildman–Crippen LogP) is 4.68. The average Bonchev–Trinajstić information content (AvgIpc) is 2.17. The predicted molar refractivity (Wildman–Crippen MR) is 88.8 cm³/mol.